The van der Waals surface area contributed by atoms with Crippen LogP contribution < -0.4 is 11.5 Å². The molecule has 0 aliphatic carbocycles. The Balaban J connectivity index is 2.01. The summed E-state index contributed by atoms with van der Waals surface area (Å²) in [6.07, 6.45) is 0. The van der Waals surface area contributed by atoms with E-state index >= 15 is 0 Å². The molecule has 0 fully saturated rings. The van der Waals surface area contributed by atoms with E-state index < -0.39 is 5.97 Å². The van der Waals surface area contributed by atoms with E-state index in [4.69, 9.17) is 16.2 Å². The highest BCUT2D eigenvalue weighted by atomic mass is 32.1. The summed E-state index contributed by atoms with van der Waals surface area (Å²) < 4.78 is 5.05. The minimum Gasteiger partial charge on any atom is -0.453 e. The van der Waals surface area contributed by atoms with E-state index in [0.717, 1.165) is 4.88 Å². The van der Waals surface area contributed by atoms with Crippen molar-refractivity contribution in [2.75, 3.05) is 11.5 Å². The van der Waals surface area contributed by atoms with Gasteiger partial charge in [0.15, 0.2) is 12.4 Å². The van der Waals surface area contributed by atoms with Gasteiger partial charge >= 0.3 is 5.97 Å². The summed E-state index contributed by atoms with van der Waals surface area (Å²) in [4.78, 5) is 24.5. The molecule has 7 nitrogen and oxygen atoms in total. The molecule has 2 aromatic rings. The van der Waals surface area contributed by atoms with Crippen LogP contribution in [0.2, 0.25) is 0 Å². The number of nitrogens with two attached hydrogens (primary N) is 2. The summed E-state index contributed by atoms with van der Waals surface area (Å²) in [6, 6.07) is 3.55. The lowest BCUT2D eigenvalue weighted by Gasteiger charge is -2.03. The third-order valence-electron chi connectivity index (χ3n) is 1.99. The molecule has 0 radical (unpaired) electrons. The van der Waals surface area contributed by atoms with Gasteiger partial charge in [-0.2, -0.15) is 15.0 Å². The van der Waals surface area contributed by atoms with Crippen molar-refractivity contribution in [1.82, 2.24) is 15.0 Å². The Morgan fingerprint density at radius 1 is 1.28 bits per heavy atom. The molecule has 0 atom stereocenters. The van der Waals surface area contributed by atoms with Crippen LogP contribution in [-0.2, 0) is 11.3 Å². The van der Waals surface area contributed by atoms with E-state index in [1.165, 1.54) is 11.3 Å². The number of nitrogens with zero attached hydrogens (tertiary/aromatic N) is 3. The lowest BCUT2D eigenvalue weighted by atomic mass is 10.4. The van der Waals surface area contributed by atoms with Gasteiger partial charge in [-0.1, -0.05) is 0 Å². The van der Waals surface area contributed by atoms with Crippen LogP contribution in [0.3, 0.4) is 0 Å². The summed E-state index contributed by atoms with van der Waals surface area (Å²) in [7, 11) is 0. The highest BCUT2D eigenvalue weighted by molar-refractivity contribution is 7.13. The molecule has 2 heterocycles. The third-order valence-corrected chi connectivity index (χ3v) is 2.97. The molecule has 18 heavy (non-hydrogen) atoms. The smallest absolute Gasteiger partial charge is 0.348 e. The van der Waals surface area contributed by atoms with E-state index in [-0.39, 0.29) is 24.3 Å². The average molecular weight is 265 g/mol. The highest BCUT2D eigenvalue weighted by Gasteiger charge is 2.11. The van der Waals surface area contributed by atoms with Crippen LogP contribution in [0, 0.1) is 6.92 Å². The molecule has 0 amide bonds. The number of thiophene rings is 1. The van der Waals surface area contributed by atoms with E-state index in [1.54, 1.807) is 6.07 Å². The Kier molecular flexibility index (Phi) is 3.38. The van der Waals surface area contributed by atoms with Crippen molar-refractivity contribution in [1.29, 1.82) is 0 Å². The van der Waals surface area contributed by atoms with Crippen molar-refractivity contribution in [3.63, 3.8) is 0 Å². The number of rotatable bonds is 3. The Labute approximate surface area is 107 Å². The van der Waals surface area contributed by atoms with Crippen LogP contribution in [0.25, 0.3) is 0 Å². The largest absolute Gasteiger partial charge is 0.453 e. The maximum atomic E-state index is 11.7. The van der Waals surface area contributed by atoms with Crippen molar-refractivity contribution in [2.24, 2.45) is 0 Å². The number of carbonyl (C=O) groups excluding carboxylic acids is 1. The summed E-state index contributed by atoms with van der Waals surface area (Å²) in [6.45, 7) is 1.82. The average Bonchev–Trinajstić information content (AvgIpc) is 2.71. The van der Waals surface area contributed by atoms with E-state index in [2.05, 4.69) is 15.0 Å². The predicted molar refractivity (Wildman–Crippen MR) is 66.8 cm³/mol. The van der Waals surface area contributed by atoms with E-state index in [1.807, 2.05) is 13.0 Å². The molecule has 0 aromatic carbocycles. The van der Waals surface area contributed by atoms with E-state index in [0.29, 0.717) is 4.88 Å². The fraction of sp³-hybridized carbons (Fsp3) is 0.200. The summed E-state index contributed by atoms with van der Waals surface area (Å²) >= 11 is 1.36. The second-order valence-electron chi connectivity index (χ2n) is 3.45. The van der Waals surface area contributed by atoms with Gasteiger partial charge in [-0.25, -0.2) is 4.79 Å². The molecular weight excluding hydrogens is 254 g/mol. The molecule has 0 aliphatic rings. The Hall–Kier alpha value is -2.22. The zero-order chi connectivity index (χ0) is 13.1. The molecule has 2 aromatic heterocycles. The maximum Gasteiger partial charge on any atom is 0.348 e. The maximum absolute atomic E-state index is 11.7. The first-order valence-electron chi connectivity index (χ1n) is 5.04. The fourth-order valence-corrected chi connectivity index (χ4v) is 2.03. The molecule has 8 heteroatoms. The number of esters is 1. The Bertz CT molecular complexity index is 563. The molecule has 4 N–H and O–H groups in total. The molecule has 94 valence electrons. The van der Waals surface area contributed by atoms with E-state index in [9.17, 15) is 4.79 Å². The van der Waals surface area contributed by atoms with Crippen LogP contribution in [0.5, 0.6) is 0 Å². The summed E-state index contributed by atoms with van der Waals surface area (Å²) in [5, 5.41) is 0. The van der Waals surface area contributed by atoms with Crippen LogP contribution in [0.1, 0.15) is 20.4 Å². The number of nitrogen functional groups attached to an aromatic ring is 2. The normalized spacial score (nSPS) is 10.3. The highest BCUT2D eigenvalue weighted by Crippen LogP contribution is 2.16. The number of hydrogen-bond acceptors (Lipinski definition) is 8. The number of ether oxygens (including phenoxy) is 1. The fourth-order valence-electron chi connectivity index (χ4n) is 1.27. The van der Waals surface area contributed by atoms with Crippen molar-refractivity contribution >= 4 is 29.2 Å². The number of aryl methyl sites for hydroxylation is 1. The zero-order valence-electron chi connectivity index (χ0n) is 9.58. The van der Waals surface area contributed by atoms with Gasteiger partial charge in [-0.05, 0) is 19.1 Å². The Morgan fingerprint density at radius 3 is 2.50 bits per heavy atom. The molecule has 0 saturated heterocycles. The third kappa shape index (κ3) is 2.92. The molecular formula is C10H11N5O2S. The monoisotopic (exact) mass is 265 g/mol. The van der Waals surface area contributed by atoms with Crippen LogP contribution in [0.15, 0.2) is 12.1 Å². The van der Waals surface area contributed by atoms with Gasteiger partial charge < -0.3 is 16.2 Å². The molecule has 0 spiro atoms. The SMILES string of the molecule is Cc1ccc(C(=O)OCc2nc(N)nc(N)n2)s1. The first-order chi connectivity index (χ1) is 8.54. The topological polar surface area (TPSA) is 117 Å². The number of anilines is 2. The van der Waals surface area contributed by atoms with Gasteiger partial charge in [0.25, 0.3) is 0 Å². The lowest BCUT2D eigenvalue weighted by molar-refractivity contribution is 0.0468. The molecule has 0 unspecified atom stereocenters. The van der Waals surface area contributed by atoms with Gasteiger partial charge in [0.1, 0.15) is 4.88 Å². The predicted octanol–water partition coefficient (Wildman–Crippen LogP) is 0.763. The first-order valence-corrected chi connectivity index (χ1v) is 5.85. The molecule has 0 saturated carbocycles. The zero-order valence-corrected chi connectivity index (χ0v) is 10.4. The van der Waals surface area contributed by atoms with Gasteiger partial charge in [0, 0.05) is 4.88 Å². The van der Waals surface area contributed by atoms with Crippen molar-refractivity contribution < 1.29 is 9.53 Å². The van der Waals surface area contributed by atoms with Crippen molar-refractivity contribution in [2.45, 2.75) is 13.5 Å². The molecule has 0 bridgehead atoms. The van der Waals surface area contributed by atoms with Crippen molar-refractivity contribution in [3.05, 3.63) is 27.7 Å². The first kappa shape index (κ1) is 12.2. The van der Waals surface area contributed by atoms with Crippen LogP contribution in [0.4, 0.5) is 11.9 Å². The van der Waals surface area contributed by atoms with Gasteiger partial charge in [-0.3, -0.25) is 0 Å². The van der Waals surface area contributed by atoms with Gasteiger partial charge in [-0.15, -0.1) is 11.3 Å². The quantitative estimate of drug-likeness (QED) is 0.787. The van der Waals surface area contributed by atoms with Crippen LogP contribution >= 0.6 is 11.3 Å². The minimum absolute atomic E-state index is 0.000479. The second kappa shape index (κ2) is 4.96. The van der Waals surface area contributed by atoms with Gasteiger partial charge in [0.2, 0.25) is 11.9 Å². The van der Waals surface area contributed by atoms with Crippen LogP contribution in [-0.4, -0.2) is 20.9 Å². The van der Waals surface area contributed by atoms with Gasteiger partial charge in [0.05, 0.1) is 0 Å². The number of hydrogen-bond donors (Lipinski definition) is 2. The lowest BCUT2D eigenvalue weighted by Crippen LogP contribution is -2.10. The standard InChI is InChI=1S/C10H11N5O2S/c1-5-2-3-6(18-5)8(16)17-4-7-13-9(11)15-10(12)14-7/h2-3H,4H2,1H3,(H4,11,12,13,14,15). The molecule has 0 aliphatic heterocycles. The Morgan fingerprint density at radius 2 is 1.94 bits per heavy atom. The number of carbonyl (C=O) groups is 1. The summed E-state index contributed by atoms with van der Waals surface area (Å²) in [5.41, 5.74) is 10.8. The minimum atomic E-state index is -0.425. The number of aromatic nitrogens is 3. The second-order valence-corrected chi connectivity index (χ2v) is 4.74. The molecule has 2 rings (SSSR count). The van der Waals surface area contributed by atoms with Crippen molar-refractivity contribution in [3.8, 4) is 0 Å². The summed E-state index contributed by atoms with van der Waals surface area (Å²) in [5.74, 6) is -0.201.